The van der Waals surface area contributed by atoms with E-state index in [4.69, 9.17) is 27.5 Å². The first-order valence-corrected chi connectivity index (χ1v) is 9.99. The maximum Gasteiger partial charge on any atom is 0.319 e. The second kappa shape index (κ2) is 9.92. The van der Waals surface area contributed by atoms with E-state index in [1.54, 1.807) is 31.2 Å². The zero-order chi connectivity index (χ0) is 22.4. The summed E-state index contributed by atoms with van der Waals surface area (Å²) < 4.78 is 11.2. The van der Waals surface area contributed by atoms with Gasteiger partial charge in [-0.1, -0.05) is 35.7 Å². The molecule has 2 aromatic carbocycles. The highest BCUT2D eigenvalue weighted by Crippen LogP contribution is 2.40. The fourth-order valence-corrected chi connectivity index (χ4v) is 3.51. The van der Waals surface area contributed by atoms with E-state index < -0.39 is 12.1 Å². The molecule has 1 aliphatic rings. The third-order valence-corrected chi connectivity index (χ3v) is 4.79. The van der Waals surface area contributed by atoms with Gasteiger partial charge in [0.15, 0.2) is 11.5 Å². The van der Waals surface area contributed by atoms with Gasteiger partial charge in [0.25, 0.3) is 5.91 Å². The Labute approximate surface area is 185 Å². The van der Waals surface area contributed by atoms with Gasteiger partial charge < -0.3 is 25.4 Å². The van der Waals surface area contributed by atoms with Gasteiger partial charge in [-0.05, 0) is 43.7 Å². The summed E-state index contributed by atoms with van der Waals surface area (Å²) in [5, 5.41) is 8.54. The molecule has 0 fully saturated rings. The Hall–Kier alpha value is -3.63. The van der Waals surface area contributed by atoms with Gasteiger partial charge in [-0.15, -0.1) is 6.42 Å². The molecule has 160 valence electrons. The molecule has 0 saturated heterocycles. The highest BCUT2D eigenvalue weighted by atomic mass is 35.5. The van der Waals surface area contributed by atoms with E-state index in [9.17, 15) is 9.59 Å². The number of halogens is 1. The van der Waals surface area contributed by atoms with Crippen LogP contribution in [0.3, 0.4) is 0 Å². The van der Waals surface area contributed by atoms with Crippen molar-refractivity contribution in [2.75, 3.05) is 18.5 Å². The largest absolute Gasteiger partial charge is 0.490 e. The number of nitrogens with one attached hydrogen (secondary N) is 3. The molecule has 1 aliphatic heterocycles. The van der Waals surface area contributed by atoms with Crippen LogP contribution < -0.4 is 25.4 Å². The van der Waals surface area contributed by atoms with Gasteiger partial charge in [0.05, 0.1) is 23.2 Å². The predicted octanol–water partition coefficient (Wildman–Crippen LogP) is 4.02. The Morgan fingerprint density at radius 2 is 2.00 bits per heavy atom. The van der Waals surface area contributed by atoms with Crippen molar-refractivity contribution in [3.8, 4) is 23.8 Å². The molecule has 0 radical (unpaired) electrons. The summed E-state index contributed by atoms with van der Waals surface area (Å²) in [5.74, 6) is 2.70. The summed E-state index contributed by atoms with van der Waals surface area (Å²) >= 11 is 6.44. The fraction of sp³-hybridized carbons (Fsp3) is 0.217. The van der Waals surface area contributed by atoms with Crippen molar-refractivity contribution < 1.29 is 19.1 Å². The number of allylic oxidation sites excluding steroid dienone is 1. The van der Waals surface area contributed by atoms with E-state index in [0.717, 1.165) is 0 Å². The number of carbonyl (C=O) groups is 2. The fourth-order valence-electron chi connectivity index (χ4n) is 3.24. The van der Waals surface area contributed by atoms with Crippen molar-refractivity contribution in [3.63, 3.8) is 0 Å². The minimum atomic E-state index is -0.754. The first-order valence-electron chi connectivity index (χ1n) is 9.61. The first kappa shape index (κ1) is 22.1. The number of carbonyl (C=O) groups excluding carboxylic acids is 2. The maximum atomic E-state index is 13.1. The molecule has 7 nitrogen and oxygen atoms in total. The summed E-state index contributed by atoms with van der Waals surface area (Å²) in [6.07, 6.45) is 5.28. The van der Waals surface area contributed by atoms with Crippen molar-refractivity contribution in [2.24, 2.45) is 0 Å². The van der Waals surface area contributed by atoms with Gasteiger partial charge in [-0.2, -0.15) is 0 Å². The van der Waals surface area contributed by atoms with E-state index in [-0.39, 0.29) is 17.5 Å². The molecular formula is C23H22ClN3O4. The normalized spacial score (nSPS) is 15.4. The lowest BCUT2D eigenvalue weighted by Crippen LogP contribution is -2.46. The standard InChI is InChI=1S/C23H22ClN3O4/c1-4-11-31-21-17(24)12-15(13-18(21)30-5-2)20-19(14(3)25-23(29)27-20)22(28)26-16-9-7-6-8-10-16/h1,6-10,12-13,20H,5,11H2,2-3H3,(H,26,28)(H2,25,27,29). The predicted molar refractivity (Wildman–Crippen MR) is 119 cm³/mol. The number of amides is 3. The van der Waals surface area contributed by atoms with Crippen LogP contribution in [0, 0.1) is 12.3 Å². The quantitative estimate of drug-likeness (QED) is 0.568. The van der Waals surface area contributed by atoms with Gasteiger partial charge in [0.1, 0.15) is 6.61 Å². The molecule has 3 rings (SSSR count). The number of terminal acetylenes is 1. The molecule has 3 amide bonds. The summed E-state index contributed by atoms with van der Waals surface area (Å²) in [5.41, 5.74) is 1.98. The number of anilines is 1. The highest BCUT2D eigenvalue weighted by molar-refractivity contribution is 6.32. The van der Waals surface area contributed by atoms with Crippen LogP contribution in [0.15, 0.2) is 53.7 Å². The lowest BCUT2D eigenvalue weighted by Gasteiger charge is -2.29. The smallest absolute Gasteiger partial charge is 0.319 e. The van der Waals surface area contributed by atoms with Crippen molar-refractivity contribution in [1.29, 1.82) is 0 Å². The maximum absolute atomic E-state index is 13.1. The molecule has 31 heavy (non-hydrogen) atoms. The zero-order valence-electron chi connectivity index (χ0n) is 17.1. The van der Waals surface area contributed by atoms with Crippen LogP contribution in [-0.4, -0.2) is 25.2 Å². The van der Waals surface area contributed by atoms with E-state index >= 15 is 0 Å². The highest BCUT2D eigenvalue weighted by Gasteiger charge is 2.32. The molecular weight excluding hydrogens is 418 g/mol. The number of benzene rings is 2. The SMILES string of the molecule is C#CCOc1c(Cl)cc(C2NC(=O)NC(C)=C2C(=O)Nc2ccccc2)cc1OCC. The van der Waals surface area contributed by atoms with Gasteiger partial charge in [-0.25, -0.2) is 4.79 Å². The van der Waals surface area contributed by atoms with Crippen LogP contribution in [0.1, 0.15) is 25.5 Å². The molecule has 0 saturated carbocycles. The average molecular weight is 440 g/mol. The molecule has 0 bridgehead atoms. The molecule has 0 spiro atoms. The molecule has 0 aliphatic carbocycles. The van der Waals surface area contributed by atoms with Crippen LogP contribution in [0.25, 0.3) is 0 Å². The number of hydrogen-bond acceptors (Lipinski definition) is 4. The minimum Gasteiger partial charge on any atom is -0.490 e. The van der Waals surface area contributed by atoms with E-state index in [2.05, 4.69) is 21.9 Å². The third kappa shape index (κ3) is 5.11. The molecule has 1 unspecified atom stereocenters. The Kier molecular flexibility index (Phi) is 7.06. The van der Waals surface area contributed by atoms with E-state index in [1.165, 1.54) is 0 Å². The Morgan fingerprint density at radius 1 is 1.26 bits per heavy atom. The summed E-state index contributed by atoms with van der Waals surface area (Å²) in [6, 6.07) is 11.2. The lowest BCUT2D eigenvalue weighted by atomic mass is 9.94. The minimum absolute atomic E-state index is 0.0208. The molecule has 3 N–H and O–H groups in total. The van der Waals surface area contributed by atoms with Crippen LogP contribution in [0.5, 0.6) is 11.5 Å². The van der Waals surface area contributed by atoms with Crippen LogP contribution in [0.2, 0.25) is 5.02 Å². The van der Waals surface area contributed by atoms with Crippen molar-refractivity contribution >= 4 is 29.2 Å². The van der Waals surface area contributed by atoms with Crippen LogP contribution >= 0.6 is 11.6 Å². The Bertz CT molecular complexity index is 1060. The monoisotopic (exact) mass is 439 g/mol. The zero-order valence-corrected chi connectivity index (χ0v) is 17.9. The second-order valence-electron chi connectivity index (χ2n) is 6.65. The lowest BCUT2D eigenvalue weighted by molar-refractivity contribution is -0.113. The van der Waals surface area contributed by atoms with Crippen LogP contribution in [-0.2, 0) is 4.79 Å². The summed E-state index contributed by atoms with van der Waals surface area (Å²) in [4.78, 5) is 25.3. The summed E-state index contributed by atoms with van der Waals surface area (Å²) in [6.45, 7) is 3.87. The molecule has 1 heterocycles. The Balaban J connectivity index is 2.02. The van der Waals surface area contributed by atoms with Gasteiger partial charge in [0, 0.05) is 11.4 Å². The van der Waals surface area contributed by atoms with E-state index in [1.807, 2.05) is 25.1 Å². The second-order valence-corrected chi connectivity index (χ2v) is 7.05. The van der Waals surface area contributed by atoms with E-state index in [0.29, 0.717) is 40.6 Å². The molecule has 1 atom stereocenters. The number of para-hydroxylation sites is 1. The Morgan fingerprint density at radius 3 is 2.68 bits per heavy atom. The number of rotatable bonds is 7. The van der Waals surface area contributed by atoms with Gasteiger partial charge >= 0.3 is 6.03 Å². The average Bonchev–Trinajstić information content (AvgIpc) is 2.73. The van der Waals surface area contributed by atoms with Crippen LogP contribution in [0.4, 0.5) is 10.5 Å². The van der Waals surface area contributed by atoms with Gasteiger partial charge in [-0.3, -0.25) is 4.79 Å². The van der Waals surface area contributed by atoms with Crippen molar-refractivity contribution in [2.45, 2.75) is 19.9 Å². The summed E-state index contributed by atoms with van der Waals surface area (Å²) in [7, 11) is 0. The number of ether oxygens (including phenoxy) is 2. The molecule has 2 aromatic rings. The third-order valence-electron chi connectivity index (χ3n) is 4.51. The van der Waals surface area contributed by atoms with Crippen molar-refractivity contribution in [3.05, 3.63) is 64.3 Å². The topological polar surface area (TPSA) is 88.7 Å². The van der Waals surface area contributed by atoms with Crippen molar-refractivity contribution in [1.82, 2.24) is 10.6 Å². The number of urea groups is 1. The molecule has 8 heteroatoms. The number of hydrogen-bond donors (Lipinski definition) is 3. The molecule has 0 aromatic heterocycles. The van der Waals surface area contributed by atoms with Gasteiger partial charge in [0.2, 0.25) is 0 Å². The first-order chi connectivity index (χ1) is 14.9.